The third-order valence-electron chi connectivity index (χ3n) is 2.92. The second-order valence-corrected chi connectivity index (χ2v) is 7.28. The Morgan fingerprint density at radius 2 is 2.20 bits per heavy atom. The molecule has 3 aromatic heterocycles. The Morgan fingerprint density at radius 1 is 1.35 bits per heavy atom. The molecule has 0 aliphatic rings. The summed E-state index contributed by atoms with van der Waals surface area (Å²) in [6.07, 6.45) is 3.36. The van der Waals surface area contributed by atoms with E-state index in [4.69, 9.17) is 0 Å². The maximum absolute atomic E-state index is 4.30. The quantitative estimate of drug-likeness (QED) is 0.545. The minimum atomic E-state index is 0.753. The van der Waals surface area contributed by atoms with E-state index in [1.165, 1.54) is 10.4 Å². The molecule has 3 heterocycles. The van der Waals surface area contributed by atoms with Crippen molar-refractivity contribution >= 4 is 60.9 Å². The number of hydrogen-bond acceptors (Lipinski definition) is 6. The maximum Gasteiger partial charge on any atom is 0.158 e. The van der Waals surface area contributed by atoms with Gasteiger partial charge in [-0.1, -0.05) is 0 Å². The van der Waals surface area contributed by atoms with Gasteiger partial charge in [-0.2, -0.15) is 5.10 Å². The first kappa shape index (κ1) is 13.7. The molecule has 20 heavy (non-hydrogen) atoms. The van der Waals surface area contributed by atoms with Crippen LogP contribution in [0.15, 0.2) is 27.3 Å². The molecule has 0 bridgehead atoms. The lowest BCUT2D eigenvalue weighted by Gasteiger charge is -2.01. The van der Waals surface area contributed by atoms with Crippen LogP contribution in [0.1, 0.15) is 15.3 Å². The summed E-state index contributed by atoms with van der Waals surface area (Å²) in [5.41, 5.74) is 4.23. The number of aryl methyl sites for hydroxylation is 2. The molecule has 0 aromatic carbocycles. The van der Waals surface area contributed by atoms with Crippen LogP contribution in [0.5, 0.6) is 0 Å². The summed E-state index contributed by atoms with van der Waals surface area (Å²) in [7, 11) is 0. The Hall–Kier alpha value is -1.31. The van der Waals surface area contributed by atoms with Gasteiger partial charge >= 0.3 is 0 Å². The highest BCUT2D eigenvalue weighted by atomic mass is 79.9. The SMILES string of the molecule is Cc1sc2ncnc(N/N=C\c3cc(Br)cs3)c2c1C. The minimum Gasteiger partial charge on any atom is -0.261 e. The van der Waals surface area contributed by atoms with Gasteiger partial charge in [-0.05, 0) is 41.4 Å². The number of aromatic nitrogens is 2. The zero-order valence-electron chi connectivity index (χ0n) is 10.8. The van der Waals surface area contributed by atoms with Gasteiger partial charge in [-0.25, -0.2) is 9.97 Å². The second-order valence-electron chi connectivity index (χ2n) is 4.22. The standard InChI is InChI=1S/C13H11BrN4S2/c1-7-8(2)20-13-11(7)12(15-6-16-13)18-17-4-10-3-9(14)5-19-10/h3-6H,1-2H3,(H,15,16,18)/b17-4-. The summed E-state index contributed by atoms with van der Waals surface area (Å²) in [5, 5.41) is 7.33. The van der Waals surface area contributed by atoms with Crippen LogP contribution in [-0.4, -0.2) is 16.2 Å². The van der Waals surface area contributed by atoms with E-state index in [1.807, 2.05) is 11.4 Å². The normalized spacial score (nSPS) is 11.6. The summed E-state index contributed by atoms with van der Waals surface area (Å²) in [4.78, 5) is 11.9. The topological polar surface area (TPSA) is 50.2 Å². The zero-order valence-corrected chi connectivity index (χ0v) is 14.1. The van der Waals surface area contributed by atoms with Crippen molar-refractivity contribution in [2.45, 2.75) is 13.8 Å². The Labute approximate surface area is 132 Å². The number of hydrazone groups is 1. The van der Waals surface area contributed by atoms with Gasteiger partial charge < -0.3 is 0 Å². The summed E-state index contributed by atoms with van der Waals surface area (Å²) in [6.45, 7) is 4.18. The lowest BCUT2D eigenvalue weighted by molar-refractivity contribution is 1.19. The van der Waals surface area contributed by atoms with Crippen LogP contribution in [0.2, 0.25) is 0 Å². The van der Waals surface area contributed by atoms with Gasteiger partial charge in [0, 0.05) is 19.6 Å². The minimum absolute atomic E-state index is 0.753. The molecular formula is C13H11BrN4S2. The van der Waals surface area contributed by atoms with Crippen molar-refractivity contribution in [3.8, 4) is 0 Å². The van der Waals surface area contributed by atoms with Crippen molar-refractivity contribution in [2.75, 3.05) is 5.43 Å². The smallest absolute Gasteiger partial charge is 0.158 e. The molecule has 7 heteroatoms. The number of fused-ring (bicyclic) bond motifs is 1. The molecule has 4 nitrogen and oxygen atoms in total. The van der Waals surface area contributed by atoms with Gasteiger partial charge in [0.1, 0.15) is 11.2 Å². The van der Waals surface area contributed by atoms with Gasteiger partial charge in [0.2, 0.25) is 0 Å². The number of nitrogens with one attached hydrogen (secondary N) is 1. The van der Waals surface area contributed by atoms with Gasteiger partial charge in [0.15, 0.2) is 5.82 Å². The molecule has 0 aliphatic heterocycles. The van der Waals surface area contributed by atoms with Gasteiger partial charge in [-0.15, -0.1) is 22.7 Å². The average Bonchev–Trinajstić information content (AvgIpc) is 2.95. The number of thiophene rings is 2. The van der Waals surface area contributed by atoms with Crippen LogP contribution >= 0.6 is 38.6 Å². The first-order valence-electron chi connectivity index (χ1n) is 5.89. The van der Waals surface area contributed by atoms with Gasteiger partial charge in [0.05, 0.1) is 11.6 Å². The molecule has 0 aliphatic carbocycles. The van der Waals surface area contributed by atoms with Crippen molar-refractivity contribution in [3.05, 3.63) is 37.6 Å². The van der Waals surface area contributed by atoms with Crippen molar-refractivity contribution in [1.82, 2.24) is 9.97 Å². The van der Waals surface area contributed by atoms with Gasteiger partial charge in [0.25, 0.3) is 0 Å². The molecule has 0 amide bonds. The predicted molar refractivity (Wildman–Crippen MR) is 90.1 cm³/mol. The molecule has 0 saturated heterocycles. The number of halogens is 1. The molecule has 0 atom stereocenters. The highest BCUT2D eigenvalue weighted by molar-refractivity contribution is 9.10. The first-order valence-corrected chi connectivity index (χ1v) is 8.38. The number of rotatable bonds is 3. The molecule has 3 aromatic rings. The van der Waals surface area contributed by atoms with Crippen LogP contribution in [-0.2, 0) is 0 Å². The Bertz CT molecular complexity index is 791. The van der Waals surface area contributed by atoms with Crippen LogP contribution < -0.4 is 5.43 Å². The Balaban J connectivity index is 1.89. The predicted octanol–water partition coefficient (Wildman–Crippen LogP) is 4.58. The number of anilines is 1. The maximum atomic E-state index is 4.30. The molecule has 102 valence electrons. The fourth-order valence-electron chi connectivity index (χ4n) is 1.82. The summed E-state index contributed by atoms with van der Waals surface area (Å²) < 4.78 is 1.07. The largest absolute Gasteiger partial charge is 0.261 e. The van der Waals surface area contributed by atoms with Crippen LogP contribution in [0.25, 0.3) is 10.2 Å². The fraction of sp³-hybridized carbons (Fsp3) is 0.154. The van der Waals surface area contributed by atoms with E-state index in [1.54, 1.807) is 35.2 Å². The molecule has 0 radical (unpaired) electrons. The van der Waals surface area contributed by atoms with E-state index in [0.717, 1.165) is 25.4 Å². The van der Waals surface area contributed by atoms with Crippen molar-refractivity contribution < 1.29 is 0 Å². The molecule has 0 fully saturated rings. The molecular weight excluding hydrogens is 356 g/mol. The Morgan fingerprint density at radius 3 is 2.95 bits per heavy atom. The molecule has 0 unspecified atom stereocenters. The fourth-order valence-corrected chi connectivity index (χ4v) is 4.12. The third kappa shape index (κ3) is 2.61. The lowest BCUT2D eigenvalue weighted by atomic mass is 10.2. The highest BCUT2D eigenvalue weighted by Gasteiger charge is 2.11. The summed E-state index contributed by atoms with van der Waals surface area (Å²) >= 11 is 6.73. The summed E-state index contributed by atoms with van der Waals surface area (Å²) in [6, 6.07) is 2.02. The van der Waals surface area contributed by atoms with Crippen LogP contribution in [0, 0.1) is 13.8 Å². The second kappa shape index (κ2) is 5.59. The van der Waals surface area contributed by atoms with Crippen LogP contribution in [0.3, 0.4) is 0 Å². The molecule has 0 spiro atoms. The van der Waals surface area contributed by atoms with Crippen molar-refractivity contribution in [2.24, 2.45) is 5.10 Å². The molecule has 1 N–H and O–H groups in total. The molecule has 3 rings (SSSR count). The average molecular weight is 367 g/mol. The number of hydrogen-bond donors (Lipinski definition) is 1. The van der Waals surface area contributed by atoms with Crippen molar-refractivity contribution in [1.29, 1.82) is 0 Å². The monoisotopic (exact) mass is 366 g/mol. The highest BCUT2D eigenvalue weighted by Crippen LogP contribution is 2.32. The summed E-state index contributed by atoms with van der Waals surface area (Å²) in [5.74, 6) is 0.753. The van der Waals surface area contributed by atoms with Crippen LogP contribution in [0.4, 0.5) is 5.82 Å². The first-order chi connectivity index (χ1) is 9.65. The van der Waals surface area contributed by atoms with E-state index in [0.29, 0.717) is 0 Å². The van der Waals surface area contributed by atoms with E-state index >= 15 is 0 Å². The lowest BCUT2D eigenvalue weighted by Crippen LogP contribution is -1.94. The van der Waals surface area contributed by atoms with E-state index in [-0.39, 0.29) is 0 Å². The molecule has 0 saturated carbocycles. The van der Waals surface area contributed by atoms with E-state index < -0.39 is 0 Å². The van der Waals surface area contributed by atoms with Gasteiger partial charge in [-0.3, -0.25) is 5.43 Å². The number of nitrogens with zero attached hydrogens (tertiary/aromatic N) is 3. The van der Waals surface area contributed by atoms with E-state index in [2.05, 4.69) is 50.3 Å². The Kier molecular flexibility index (Phi) is 3.82. The third-order valence-corrected chi connectivity index (χ3v) is 5.66. The van der Waals surface area contributed by atoms with Crippen molar-refractivity contribution in [3.63, 3.8) is 0 Å². The van der Waals surface area contributed by atoms with E-state index in [9.17, 15) is 0 Å². The zero-order chi connectivity index (χ0) is 14.1.